The third kappa shape index (κ3) is 3.84. The Morgan fingerprint density at radius 1 is 1.00 bits per heavy atom. The van der Waals surface area contributed by atoms with E-state index in [2.05, 4.69) is 56.2 Å². The average molecular weight is 303 g/mol. The van der Waals surface area contributed by atoms with Crippen molar-refractivity contribution in [3.05, 3.63) is 63.4 Å². The summed E-state index contributed by atoms with van der Waals surface area (Å²) in [6, 6.07) is 10.7. The van der Waals surface area contributed by atoms with E-state index in [0.29, 0.717) is 0 Å². The molecule has 1 aromatic carbocycles. The van der Waals surface area contributed by atoms with Gasteiger partial charge in [-0.2, -0.15) is 0 Å². The van der Waals surface area contributed by atoms with E-state index in [0.717, 1.165) is 16.4 Å². The van der Waals surface area contributed by atoms with Gasteiger partial charge in [0.2, 0.25) is 0 Å². The van der Waals surface area contributed by atoms with Gasteiger partial charge in [0.25, 0.3) is 0 Å². The summed E-state index contributed by atoms with van der Waals surface area (Å²) in [5, 5.41) is 4.42. The molecule has 1 aromatic heterocycles. The molecule has 21 heavy (non-hydrogen) atoms. The molecule has 0 aliphatic heterocycles. The van der Waals surface area contributed by atoms with E-state index in [1.165, 1.54) is 16.7 Å². The molecule has 1 N–H and O–H groups in total. The summed E-state index contributed by atoms with van der Waals surface area (Å²) in [4.78, 5) is 4.59. The number of halogens is 1. The molecule has 0 bridgehead atoms. The van der Waals surface area contributed by atoms with E-state index < -0.39 is 0 Å². The molecule has 2 atom stereocenters. The van der Waals surface area contributed by atoms with Crippen LogP contribution in [0, 0.1) is 20.8 Å². The molecule has 0 saturated heterocycles. The maximum Gasteiger partial charge on any atom is 0.0426 e. The lowest BCUT2D eigenvalue weighted by Crippen LogP contribution is -2.24. The Hall–Kier alpha value is -1.38. The van der Waals surface area contributed by atoms with Crippen molar-refractivity contribution in [3.8, 4) is 0 Å². The molecule has 2 nitrogen and oxygen atoms in total. The van der Waals surface area contributed by atoms with Gasteiger partial charge in [-0.15, -0.1) is 0 Å². The fourth-order valence-electron chi connectivity index (χ4n) is 2.99. The SMILES string of the molecule is Cc1cc(C)c(C(C)NC(C)c2ccc(Cl)cc2)c(C)n1. The fourth-order valence-corrected chi connectivity index (χ4v) is 3.12. The Labute approximate surface area is 132 Å². The van der Waals surface area contributed by atoms with Gasteiger partial charge in [-0.3, -0.25) is 4.98 Å². The summed E-state index contributed by atoms with van der Waals surface area (Å²) in [5.74, 6) is 0. The van der Waals surface area contributed by atoms with Crippen LogP contribution in [0.3, 0.4) is 0 Å². The minimum absolute atomic E-state index is 0.253. The summed E-state index contributed by atoms with van der Waals surface area (Å²) in [5.41, 5.74) is 6.01. The van der Waals surface area contributed by atoms with Crippen LogP contribution in [0.1, 0.15) is 54.0 Å². The van der Waals surface area contributed by atoms with Crippen LogP contribution in [-0.2, 0) is 0 Å². The molecule has 1 heterocycles. The third-order valence-electron chi connectivity index (χ3n) is 3.89. The van der Waals surface area contributed by atoms with Crippen LogP contribution < -0.4 is 5.32 Å². The molecular formula is C18H23ClN2. The van der Waals surface area contributed by atoms with Crippen LogP contribution in [0.4, 0.5) is 0 Å². The molecule has 0 radical (unpaired) electrons. The molecule has 2 aromatic rings. The second-order valence-electron chi connectivity index (χ2n) is 5.74. The van der Waals surface area contributed by atoms with Crippen LogP contribution in [-0.4, -0.2) is 4.98 Å². The Balaban J connectivity index is 2.18. The second-order valence-corrected chi connectivity index (χ2v) is 6.18. The number of aromatic nitrogens is 1. The van der Waals surface area contributed by atoms with E-state index in [4.69, 9.17) is 11.6 Å². The first-order valence-electron chi connectivity index (χ1n) is 7.34. The molecular weight excluding hydrogens is 280 g/mol. The number of benzene rings is 1. The highest BCUT2D eigenvalue weighted by Crippen LogP contribution is 2.25. The van der Waals surface area contributed by atoms with Gasteiger partial charge in [0.15, 0.2) is 0 Å². The fraction of sp³-hybridized carbons (Fsp3) is 0.389. The number of aryl methyl sites for hydroxylation is 3. The Bertz CT molecular complexity index is 597. The summed E-state index contributed by atoms with van der Waals surface area (Å²) in [6.45, 7) is 10.6. The Morgan fingerprint density at radius 2 is 1.62 bits per heavy atom. The van der Waals surface area contributed by atoms with Gasteiger partial charge in [0.1, 0.15) is 0 Å². The monoisotopic (exact) mass is 302 g/mol. The largest absolute Gasteiger partial charge is 0.304 e. The van der Waals surface area contributed by atoms with Crippen molar-refractivity contribution in [1.29, 1.82) is 0 Å². The molecule has 0 aliphatic rings. The Kier molecular flexibility index (Phi) is 5.02. The van der Waals surface area contributed by atoms with Crippen molar-refractivity contribution >= 4 is 11.6 Å². The summed E-state index contributed by atoms with van der Waals surface area (Å²) in [6.07, 6.45) is 0. The lowest BCUT2D eigenvalue weighted by atomic mass is 9.98. The smallest absolute Gasteiger partial charge is 0.0426 e. The first kappa shape index (κ1) is 16.0. The molecule has 0 fully saturated rings. The number of rotatable bonds is 4. The van der Waals surface area contributed by atoms with E-state index >= 15 is 0 Å². The number of nitrogens with one attached hydrogen (secondary N) is 1. The van der Waals surface area contributed by atoms with Crippen molar-refractivity contribution < 1.29 is 0 Å². The number of nitrogens with zero attached hydrogens (tertiary/aromatic N) is 1. The average Bonchev–Trinajstić information content (AvgIpc) is 2.37. The highest BCUT2D eigenvalue weighted by molar-refractivity contribution is 6.30. The molecule has 0 aliphatic carbocycles. The van der Waals surface area contributed by atoms with E-state index in [-0.39, 0.29) is 12.1 Å². The molecule has 2 unspecified atom stereocenters. The molecule has 0 saturated carbocycles. The highest BCUT2D eigenvalue weighted by Gasteiger charge is 2.16. The lowest BCUT2D eigenvalue weighted by Gasteiger charge is -2.23. The van der Waals surface area contributed by atoms with Crippen LogP contribution in [0.15, 0.2) is 30.3 Å². The van der Waals surface area contributed by atoms with Crippen molar-refractivity contribution in [2.45, 2.75) is 46.7 Å². The van der Waals surface area contributed by atoms with E-state index in [1.54, 1.807) is 0 Å². The minimum atomic E-state index is 0.253. The van der Waals surface area contributed by atoms with Crippen molar-refractivity contribution in [1.82, 2.24) is 10.3 Å². The zero-order valence-electron chi connectivity index (χ0n) is 13.4. The zero-order chi connectivity index (χ0) is 15.6. The van der Waals surface area contributed by atoms with E-state index in [1.807, 2.05) is 19.1 Å². The molecule has 3 heteroatoms. The van der Waals surface area contributed by atoms with Crippen LogP contribution in [0.2, 0.25) is 5.02 Å². The summed E-state index contributed by atoms with van der Waals surface area (Å²) >= 11 is 5.95. The van der Waals surface area contributed by atoms with Gasteiger partial charge in [0.05, 0.1) is 0 Å². The summed E-state index contributed by atoms with van der Waals surface area (Å²) in [7, 11) is 0. The lowest BCUT2D eigenvalue weighted by molar-refractivity contribution is 0.490. The zero-order valence-corrected chi connectivity index (χ0v) is 14.1. The number of hydrogen-bond acceptors (Lipinski definition) is 2. The van der Waals surface area contributed by atoms with Crippen molar-refractivity contribution in [2.24, 2.45) is 0 Å². The van der Waals surface area contributed by atoms with Gasteiger partial charge in [-0.1, -0.05) is 23.7 Å². The molecule has 0 amide bonds. The first-order chi connectivity index (χ1) is 9.88. The molecule has 2 rings (SSSR count). The molecule has 0 spiro atoms. The van der Waals surface area contributed by atoms with Gasteiger partial charge < -0.3 is 5.32 Å². The predicted molar refractivity (Wildman–Crippen MR) is 89.9 cm³/mol. The standard InChI is InChI=1S/C18H23ClN2/c1-11-10-12(2)20-14(4)18(11)15(5)21-13(3)16-6-8-17(19)9-7-16/h6-10,13,15,21H,1-5H3. The summed E-state index contributed by atoms with van der Waals surface area (Å²) < 4.78 is 0. The highest BCUT2D eigenvalue weighted by atomic mass is 35.5. The predicted octanol–water partition coefficient (Wildman–Crippen LogP) is 5.07. The van der Waals surface area contributed by atoms with Crippen molar-refractivity contribution in [2.75, 3.05) is 0 Å². The molecule has 112 valence electrons. The van der Waals surface area contributed by atoms with E-state index in [9.17, 15) is 0 Å². The Morgan fingerprint density at radius 3 is 2.19 bits per heavy atom. The van der Waals surface area contributed by atoms with Crippen LogP contribution in [0.5, 0.6) is 0 Å². The maximum absolute atomic E-state index is 5.95. The second kappa shape index (κ2) is 6.59. The topological polar surface area (TPSA) is 24.9 Å². The quantitative estimate of drug-likeness (QED) is 0.852. The van der Waals surface area contributed by atoms with Crippen LogP contribution in [0.25, 0.3) is 0 Å². The van der Waals surface area contributed by atoms with Gasteiger partial charge in [0, 0.05) is 28.5 Å². The normalized spacial score (nSPS) is 14.0. The van der Waals surface area contributed by atoms with Crippen LogP contribution >= 0.6 is 11.6 Å². The number of pyridine rings is 1. The van der Waals surface area contributed by atoms with Gasteiger partial charge in [-0.05, 0) is 69.5 Å². The minimum Gasteiger partial charge on any atom is -0.304 e. The van der Waals surface area contributed by atoms with Crippen molar-refractivity contribution in [3.63, 3.8) is 0 Å². The maximum atomic E-state index is 5.95. The van der Waals surface area contributed by atoms with Gasteiger partial charge >= 0.3 is 0 Å². The number of hydrogen-bond donors (Lipinski definition) is 1. The third-order valence-corrected chi connectivity index (χ3v) is 4.14. The van der Waals surface area contributed by atoms with Gasteiger partial charge in [-0.25, -0.2) is 0 Å². The first-order valence-corrected chi connectivity index (χ1v) is 7.72.